The third-order valence-electron chi connectivity index (χ3n) is 7.01. The van der Waals surface area contributed by atoms with E-state index in [1.54, 1.807) is 7.11 Å². The van der Waals surface area contributed by atoms with Gasteiger partial charge in [-0.3, -0.25) is 4.90 Å². The molecule has 0 spiro atoms. The normalized spacial score (nSPS) is 26.2. The van der Waals surface area contributed by atoms with Crippen molar-refractivity contribution in [1.82, 2.24) is 9.80 Å². The van der Waals surface area contributed by atoms with Gasteiger partial charge in [0, 0.05) is 31.7 Å². The van der Waals surface area contributed by atoms with Gasteiger partial charge in [0.2, 0.25) is 0 Å². The maximum Gasteiger partial charge on any atom is 0.161 e. The molecule has 1 saturated carbocycles. The van der Waals surface area contributed by atoms with Crippen LogP contribution in [-0.2, 0) is 6.42 Å². The maximum atomic E-state index is 6.02. The minimum Gasteiger partial charge on any atom is -0.493 e. The van der Waals surface area contributed by atoms with Crippen LogP contribution < -0.4 is 9.47 Å². The summed E-state index contributed by atoms with van der Waals surface area (Å²) in [5.74, 6) is 2.80. The molecule has 3 aliphatic rings. The molecule has 0 amide bonds. The molecule has 1 aliphatic carbocycles. The van der Waals surface area contributed by atoms with Gasteiger partial charge in [-0.25, -0.2) is 0 Å². The molecule has 0 bridgehead atoms. The van der Waals surface area contributed by atoms with Crippen molar-refractivity contribution < 1.29 is 9.47 Å². The molecule has 4 nitrogen and oxygen atoms in total. The summed E-state index contributed by atoms with van der Waals surface area (Å²) in [5, 5.41) is 0. The third kappa shape index (κ3) is 3.97. The fourth-order valence-corrected chi connectivity index (χ4v) is 4.99. The van der Waals surface area contributed by atoms with Crippen LogP contribution >= 0.6 is 0 Å². The Hall–Kier alpha value is -1.26. The number of fused-ring (bicyclic) bond motifs is 3. The highest BCUT2D eigenvalue weighted by Crippen LogP contribution is 2.41. The average molecular weight is 373 g/mol. The van der Waals surface area contributed by atoms with Crippen LogP contribution in [0.2, 0.25) is 0 Å². The maximum absolute atomic E-state index is 6.02. The van der Waals surface area contributed by atoms with Gasteiger partial charge < -0.3 is 14.4 Å². The molecule has 2 fully saturated rings. The van der Waals surface area contributed by atoms with Gasteiger partial charge in [0.15, 0.2) is 11.5 Å². The highest BCUT2D eigenvalue weighted by atomic mass is 16.5. The zero-order valence-corrected chi connectivity index (χ0v) is 17.4. The second-order valence-electron chi connectivity index (χ2n) is 8.79. The fraction of sp³-hybridized carbons (Fsp3) is 0.739. The van der Waals surface area contributed by atoms with Crippen LogP contribution in [0.25, 0.3) is 0 Å². The Balaban J connectivity index is 1.50. The minimum atomic E-state index is 0.495. The van der Waals surface area contributed by atoms with Crippen molar-refractivity contribution in [2.75, 3.05) is 40.4 Å². The molecule has 150 valence electrons. The summed E-state index contributed by atoms with van der Waals surface area (Å²) in [5.41, 5.74) is 2.91. The highest BCUT2D eigenvalue weighted by molar-refractivity contribution is 5.49. The Morgan fingerprint density at radius 3 is 2.70 bits per heavy atom. The Kier molecular flexibility index (Phi) is 5.93. The minimum absolute atomic E-state index is 0.495. The lowest BCUT2D eigenvalue weighted by atomic mass is 9.79. The van der Waals surface area contributed by atoms with Gasteiger partial charge in [-0.05, 0) is 55.5 Å². The van der Waals surface area contributed by atoms with Crippen LogP contribution in [0.1, 0.15) is 62.6 Å². The second kappa shape index (κ2) is 8.40. The molecule has 0 unspecified atom stereocenters. The highest BCUT2D eigenvalue weighted by Gasteiger charge is 2.38. The van der Waals surface area contributed by atoms with Crippen LogP contribution in [0, 0.1) is 5.92 Å². The monoisotopic (exact) mass is 372 g/mol. The molecular weight excluding hydrogens is 336 g/mol. The molecule has 1 saturated heterocycles. The first-order valence-corrected chi connectivity index (χ1v) is 11.0. The van der Waals surface area contributed by atoms with Crippen molar-refractivity contribution in [3.05, 3.63) is 23.3 Å². The van der Waals surface area contributed by atoms with E-state index in [2.05, 4.69) is 35.9 Å². The lowest BCUT2D eigenvalue weighted by Gasteiger charge is -2.49. The molecule has 2 aliphatic heterocycles. The number of ether oxygens (including phenoxy) is 2. The zero-order chi connectivity index (χ0) is 18.8. The van der Waals surface area contributed by atoms with E-state index in [0.717, 1.165) is 55.9 Å². The summed E-state index contributed by atoms with van der Waals surface area (Å²) in [4.78, 5) is 5.34. The number of rotatable bonds is 7. The molecule has 4 heteroatoms. The van der Waals surface area contributed by atoms with E-state index in [9.17, 15) is 0 Å². The van der Waals surface area contributed by atoms with E-state index < -0.39 is 0 Å². The molecule has 0 radical (unpaired) electrons. The smallest absolute Gasteiger partial charge is 0.161 e. The number of piperazine rings is 1. The number of likely N-dealkylation sites (N-methyl/N-ethyl adjacent to an activating group) is 1. The summed E-state index contributed by atoms with van der Waals surface area (Å²) in [6, 6.07) is 5.73. The van der Waals surface area contributed by atoms with Crippen LogP contribution in [0.4, 0.5) is 0 Å². The summed E-state index contributed by atoms with van der Waals surface area (Å²) in [6.45, 7) is 6.48. The predicted octanol–water partition coefficient (Wildman–Crippen LogP) is 4.28. The first-order valence-electron chi connectivity index (χ1n) is 11.0. The van der Waals surface area contributed by atoms with E-state index in [1.165, 1.54) is 49.9 Å². The summed E-state index contributed by atoms with van der Waals surface area (Å²) >= 11 is 0. The molecule has 27 heavy (non-hydrogen) atoms. The van der Waals surface area contributed by atoms with Gasteiger partial charge in [0.1, 0.15) is 0 Å². The largest absolute Gasteiger partial charge is 0.493 e. The van der Waals surface area contributed by atoms with Gasteiger partial charge in [-0.15, -0.1) is 0 Å². The average Bonchev–Trinajstić information content (AvgIpc) is 2.64. The number of hydrogen-bond donors (Lipinski definition) is 0. The molecular formula is C23H36N2O2. The second-order valence-corrected chi connectivity index (χ2v) is 8.79. The molecule has 2 atom stereocenters. The zero-order valence-electron chi connectivity index (χ0n) is 17.4. The number of hydrogen-bond acceptors (Lipinski definition) is 4. The van der Waals surface area contributed by atoms with Gasteiger partial charge >= 0.3 is 0 Å². The molecule has 0 aromatic heterocycles. The number of nitrogens with zero attached hydrogens (tertiary/aromatic N) is 2. The molecule has 1 aromatic rings. The standard InChI is InChI=1S/C23H36N2O2/c1-4-5-11-27-23-13-18-9-10-25-15-19(12-17-7-6-8-17)24(2)16-21(25)20(18)14-22(23)26-3/h13-14,17,19,21H,4-12,15-16H2,1-3H3/t19-,21-/m1/s1. The van der Waals surface area contributed by atoms with E-state index in [4.69, 9.17) is 9.47 Å². The van der Waals surface area contributed by atoms with Gasteiger partial charge in [-0.2, -0.15) is 0 Å². The topological polar surface area (TPSA) is 24.9 Å². The first kappa shape index (κ1) is 19.1. The Labute approximate surface area is 164 Å². The SMILES string of the molecule is CCCCOc1cc2c(cc1OC)[C@H]1CN(C)[C@H](CC3CCC3)CN1CC2. The summed E-state index contributed by atoms with van der Waals surface area (Å²) < 4.78 is 11.7. The molecule has 4 rings (SSSR count). The van der Waals surface area contributed by atoms with Crippen LogP contribution in [0.3, 0.4) is 0 Å². The van der Waals surface area contributed by atoms with Crippen molar-refractivity contribution >= 4 is 0 Å². The van der Waals surface area contributed by atoms with Crippen LogP contribution in [-0.4, -0.2) is 56.2 Å². The quantitative estimate of drug-likeness (QED) is 0.667. The summed E-state index contributed by atoms with van der Waals surface area (Å²) in [6.07, 6.45) is 9.11. The first-order chi connectivity index (χ1) is 13.2. The fourth-order valence-electron chi connectivity index (χ4n) is 4.99. The number of benzene rings is 1. The third-order valence-corrected chi connectivity index (χ3v) is 7.01. The molecule has 0 N–H and O–H groups in total. The summed E-state index contributed by atoms with van der Waals surface area (Å²) in [7, 11) is 4.09. The Morgan fingerprint density at radius 1 is 1.15 bits per heavy atom. The van der Waals surface area contributed by atoms with Gasteiger partial charge in [0.25, 0.3) is 0 Å². The van der Waals surface area contributed by atoms with E-state index in [0.29, 0.717) is 6.04 Å². The van der Waals surface area contributed by atoms with E-state index >= 15 is 0 Å². The molecule has 1 aromatic carbocycles. The van der Waals surface area contributed by atoms with Crippen LogP contribution in [0.15, 0.2) is 12.1 Å². The van der Waals surface area contributed by atoms with Crippen molar-refractivity contribution in [3.8, 4) is 11.5 Å². The number of methoxy groups -OCH3 is 1. The van der Waals surface area contributed by atoms with E-state index in [-0.39, 0.29) is 0 Å². The van der Waals surface area contributed by atoms with Gasteiger partial charge in [-0.1, -0.05) is 32.6 Å². The number of unbranched alkanes of at least 4 members (excludes halogenated alkanes) is 1. The Bertz CT molecular complexity index is 644. The van der Waals surface area contributed by atoms with Crippen molar-refractivity contribution in [3.63, 3.8) is 0 Å². The van der Waals surface area contributed by atoms with Crippen molar-refractivity contribution in [2.24, 2.45) is 5.92 Å². The predicted molar refractivity (Wildman–Crippen MR) is 110 cm³/mol. The lowest BCUT2D eigenvalue weighted by Crippen LogP contribution is -2.55. The van der Waals surface area contributed by atoms with E-state index in [1.807, 2.05) is 0 Å². The lowest BCUT2D eigenvalue weighted by molar-refractivity contribution is 0.0217. The van der Waals surface area contributed by atoms with Crippen LogP contribution in [0.5, 0.6) is 11.5 Å². The van der Waals surface area contributed by atoms with Gasteiger partial charge in [0.05, 0.1) is 13.7 Å². The Morgan fingerprint density at radius 2 is 2.00 bits per heavy atom. The van der Waals surface area contributed by atoms with Crippen molar-refractivity contribution in [1.29, 1.82) is 0 Å². The van der Waals surface area contributed by atoms with Crippen molar-refractivity contribution in [2.45, 2.75) is 64.0 Å². The molecule has 2 heterocycles.